The molecule has 6 heteroatoms. The van der Waals surface area contributed by atoms with E-state index < -0.39 is 5.82 Å². The van der Waals surface area contributed by atoms with E-state index in [0.717, 1.165) is 11.8 Å². The Morgan fingerprint density at radius 3 is 2.68 bits per heavy atom. The van der Waals surface area contributed by atoms with Crippen LogP contribution in [-0.4, -0.2) is 10.9 Å². The largest absolute Gasteiger partial charge is 0.324 e. The molecule has 4 N–H and O–H groups in total. The highest BCUT2D eigenvalue weighted by atomic mass is 19.1. The number of rotatable bonds is 3. The van der Waals surface area contributed by atoms with Crippen LogP contribution in [0, 0.1) is 12.7 Å². The van der Waals surface area contributed by atoms with Crippen molar-refractivity contribution in [3.8, 4) is 0 Å². The molecular formula is C13H13FN4O. The normalized spacial score (nSPS) is 10.1. The van der Waals surface area contributed by atoms with Gasteiger partial charge < -0.3 is 10.7 Å². The molecule has 0 aliphatic heterocycles. The summed E-state index contributed by atoms with van der Waals surface area (Å²) in [5.41, 5.74) is 4.50. The Kier molecular flexibility index (Phi) is 3.72. The topological polar surface area (TPSA) is 80.0 Å². The molecule has 2 rings (SSSR count). The van der Waals surface area contributed by atoms with Crippen LogP contribution < -0.4 is 16.6 Å². The van der Waals surface area contributed by atoms with Crippen LogP contribution in [0.2, 0.25) is 0 Å². The number of hydrogen-bond acceptors (Lipinski definition) is 4. The number of carbonyl (C=O) groups excluding carboxylic acids is 1. The summed E-state index contributed by atoms with van der Waals surface area (Å²) in [5.74, 6) is 4.83. The maximum atomic E-state index is 12.7. The molecule has 1 amide bonds. The lowest BCUT2D eigenvalue weighted by atomic mass is 10.1. The third-order valence-corrected chi connectivity index (χ3v) is 2.61. The Balaban J connectivity index is 2.18. The van der Waals surface area contributed by atoms with Gasteiger partial charge in [0.1, 0.15) is 11.6 Å². The summed E-state index contributed by atoms with van der Waals surface area (Å²) in [6, 6.07) is 7.74. The van der Waals surface area contributed by atoms with Gasteiger partial charge in [0, 0.05) is 11.3 Å². The molecule has 0 saturated heterocycles. The van der Waals surface area contributed by atoms with Crippen molar-refractivity contribution in [3.05, 3.63) is 53.5 Å². The molecule has 2 aromatic rings. The number of hydrazine groups is 1. The van der Waals surface area contributed by atoms with Gasteiger partial charge in [-0.05, 0) is 42.8 Å². The molecule has 0 fully saturated rings. The second-order valence-electron chi connectivity index (χ2n) is 3.99. The number of aryl methyl sites for hydroxylation is 1. The van der Waals surface area contributed by atoms with E-state index in [-0.39, 0.29) is 5.91 Å². The highest BCUT2D eigenvalue weighted by Crippen LogP contribution is 2.15. The van der Waals surface area contributed by atoms with Crippen LogP contribution in [0.1, 0.15) is 15.9 Å². The Hall–Kier alpha value is -2.47. The summed E-state index contributed by atoms with van der Waals surface area (Å²) in [6.45, 7) is 1.80. The Labute approximate surface area is 109 Å². The molecular weight excluding hydrogens is 247 g/mol. The van der Waals surface area contributed by atoms with Gasteiger partial charge in [-0.25, -0.2) is 9.37 Å². The maximum absolute atomic E-state index is 12.7. The van der Waals surface area contributed by atoms with Crippen LogP contribution in [0.3, 0.4) is 0 Å². The van der Waals surface area contributed by atoms with Gasteiger partial charge in [0.15, 0.2) is 0 Å². The Bertz CT molecular complexity index is 598. The van der Waals surface area contributed by atoms with Gasteiger partial charge in [-0.2, -0.15) is 0 Å². The molecule has 0 atom stereocenters. The van der Waals surface area contributed by atoms with E-state index in [9.17, 15) is 9.18 Å². The molecule has 1 aromatic heterocycles. The molecule has 0 aliphatic carbocycles. The molecule has 19 heavy (non-hydrogen) atoms. The Morgan fingerprint density at radius 2 is 2.11 bits per heavy atom. The lowest BCUT2D eigenvalue weighted by Gasteiger charge is -2.08. The first-order valence-electron chi connectivity index (χ1n) is 5.60. The number of anilines is 2. The summed E-state index contributed by atoms with van der Waals surface area (Å²) in [6.07, 6.45) is 1.05. The fourth-order valence-corrected chi connectivity index (χ4v) is 1.64. The molecule has 1 heterocycles. The number of hydrogen-bond donors (Lipinski definition) is 3. The number of pyridine rings is 1. The van der Waals surface area contributed by atoms with E-state index in [1.54, 1.807) is 25.1 Å². The quantitative estimate of drug-likeness (QED) is 0.583. The molecule has 0 unspecified atom stereocenters. The molecule has 98 valence electrons. The van der Waals surface area contributed by atoms with Crippen molar-refractivity contribution in [2.24, 2.45) is 5.84 Å². The lowest BCUT2D eigenvalue weighted by Crippen LogP contribution is -2.15. The third-order valence-electron chi connectivity index (χ3n) is 2.61. The summed E-state index contributed by atoms with van der Waals surface area (Å²) in [5, 5.41) is 2.60. The van der Waals surface area contributed by atoms with Crippen molar-refractivity contribution >= 4 is 17.4 Å². The smallest absolute Gasteiger partial charge is 0.257 e. The summed E-state index contributed by atoms with van der Waals surface area (Å²) in [4.78, 5) is 15.8. The van der Waals surface area contributed by atoms with Gasteiger partial charge in [0.25, 0.3) is 5.91 Å². The van der Waals surface area contributed by atoms with E-state index in [4.69, 9.17) is 5.84 Å². The van der Waals surface area contributed by atoms with E-state index in [2.05, 4.69) is 15.7 Å². The average molecular weight is 260 g/mol. The van der Waals surface area contributed by atoms with Crippen molar-refractivity contribution in [1.82, 2.24) is 4.98 Å². The zero-order chi connectivity index (χ0) is 13.8. The summed E-state index contributed by atoms with van der Waals surface area (Å²) >= 11 is 0. The van der Waals surface area contributed by atoms with E-state index in [0.29, 0.717) is 17.1 Å². The van der Waals surface area contributed by atoms with Crippen LogP contribution in [-0.2, 0) is 0 Å². The van der Waals surface area contributed by atoms with Crippen molar-refractivity contribution in [3.63, 3.8) is 0 Å². The van der Waals surface area contributed by atoms with Crippen LogP contribution in [0.4, 0.5) is 15.9 Å². The summed E-state index contributed by atoms with van der Waals surface area (Å²) in [7, 11) is 0. The fraction of sp³-hybridized carbons (Fsp3) is 0.0769. The molecule has 0 saturated carbocycles. The zero-order valence-electron chi connectivity index (χ0n) is 10.3. The number of amides is 1. The molecule has 0 spiro atoms. The minimum atomic E-state index is -0.451. The number of carbonyl (C=O) groups is 1. The van der Waals surface area contributed by atoms with E-state index >= 15 is 0 Å². The highest BCUT2D eigenvalue weighted by Gasteiger charge is 2.10. The predicted molar refractivity (Wildman–Crippen MR) is 71.1 cm³/mol. The number of halogens is 1. The average Bonchev–Trinajstić information content (AvgIpc) is 2.41. The zero-order valence-corrected chi connectivity index (χ0v) is 10.3. The van der Waals surface area contributed by atoms with Crippen LogP contribution in [0.15, 0.2) is 36.5 Å². The number of nitrogen functional groups attached to an aromatic ring is 1. The van der Waals surface area contributed by atoms with Crippen LogP contribution in [0.25, 0.3) is 0 Å². The lowest BCUT2D eigenvalue weighted by molar-refractivity contribution is 0.102. The van der Waals surface area contributed by atoms with Crippen molar-refractivity contribution in [2.45, 2.75) is 6.92 Å². The van der Waals surface area contributed by atoms with Crippen LogP contribution >= 0.6 is 0 Å². The number of benzene rings is 1. The maximum Gasteiger partial charge on any atom is 0.257 e. The Morgan fingerprint density at radius 1 is 1.32 bits per heavy atom. The molecule has 0 radical (unpaired) electrons. The van der Waals surface area contributed by atoms with Crippen molar-refractivity contribution in [2.75, 3.05) is 10.7 Å². The first-order valence-corrected chi connectivity index (χ1v) is 5.60. The van der Waals surface area contributed by atoms with Crippen molar-refractivity contribution in [1.29, 1.82) is 0 Å². The standard InChI is InChI=1S/C13H13FN4O/c1-8-6-10(18-15)3-4-11(8)13(19)17-12-5-2-9(14)7-16-12/h2-7,18H,15H2,1H3,(H,16,17,19). The van der Waals surface area contributed by atoms with Gasteiger partial charge in [0.05, 0.1) is 6.20 Å². The minimum Gasteiger partial charge on any atom is -0.324 e. The van der Waals surface area contributed by atoms with E-state index in [1.165, 1.54) is 12.1 Å². The SMILES string of the molecule is Cc1cc(NN)ccc1C(=O)Nc1ccc(F)cn1. The number of nitrogens with zero attached hydrogens (tertiary/aromatic N) is 1. The van der Waals surface area contributed by atoms with Gasteiger partial charge in [-0.15, -0.1) is 0 Å². The molecule has 1 aromatic carbocycles. The second kappa shape index (κ2) is 5.45. The molecule has 0 aliphatic rings. The fourth-order valence-electron chi connectivity index (χ4n) is 1.64. The molecule has 5 nitrogen and oxygen atoms in total. The van der Waals surface area contributed by atoms with E-state index in [1.807, 2.05) is 0 Å². The summed E-state index contributed by atoms with van der Waals surface area (Å²) < 4.78 is 12.7. The van der Waals surface area contributed by atoms with Gasteiger partial charge in [-0.3, -0.25) is 10.6 Å². The van der Waals surface area contributed by atoms with Crippen LogP contribution in [0.5, 0.6) is 0 Å². The molecule has 0 bridgehead atoms. The predicted octanol–water partition coefficient (Wildman–Crippen LogP) is 2.07. The number of aromatic nitrogens is 1. The highest BCUT2D eigenvalue weighted by molar-refractivity contribution is 6.05. The number of nitrogens with one attached hydrogen (secondary N) is 2. The number of nitrogens with two attached hydrogens (primary N) is 1. The van der Waals surface area contributed by atoms with Gasteiger partial charge in [0.2, 0.25) is 0 Å². The first kappa shape index (κ1) is 13.0. The monoisotopic (exact) mass is 260 g/mol. The van der Waals surface area contributed by atoms with Crippen molar-refractivity contribution < 1.29 is 9.18 Å². The van der Waals surface area contributed by atoms with Gasteiger partial charge >= 0.3 is 0 Å². The second-order valence-corrected chi connectivity index (χ2v) is 3.99. The first-order chi connectivity index (χ1) is 9.10. The minimum absolute atomic E-state index is 0.298. The van der Waals surface area contributed by atoms with Gasteiger partial charge in [-0.1, -0.05) is 0 Å². The third kappa shape index (κ3) is 3.05.